The van der Waals surface area contributed by atoms with E-state index in [0.717, 1.165) is 5.60 Å². The van der Waals surface area contributed by atoms with Crippen LogP contribution < -0.4 is 5.32 Å². The Hall–Kier alpha value is -0.655. The summed E-state index contributed by atoms with van der Waals surface area (Å²) in [6.45, 7) is 0. The molecular formula is C8H10BN. The summed E-state index contributed by atoms with van der Waals surface area (Å²) in [5.74, 6) is 0. The van der Waals surface area contributed by atoms with Crippen LogP contribution in [-0.2, 0) is 0 Å². The standard InChI is InChI=1S/C8H10BN/c9-7-6-8(10-7)4-2-1-3-5-8/h2,4,6,10H,1,3,5H2. The number of allylic oxidation sites excluding steroid dienone is 1. The van der Waals surface area contributed by atoms with E-state index in [9.17, 15) is 0 Å². The van der Waals surface area contributed by atoms with E-state index in [1.54, 1.807) is 0 Å². The summed E-state index contributed by atoms with van der Waals surface area (Å²) >= 11 is 0. The van der Waals surface area contributed by atoms with Crippen LogP contribution in [0.1, 0.15) is 19.3 Å². The molecule has 1 nitrogen and oxygen atoms in total. The van der Waals surface area contributed by atoms with Crippen molar-refractivity contribution in [2.24, 2.45) is 0 Å². The smallest absolute Gasteiger partial charge is 0.137 e. The molecule has 1 spiro atoms. The first-order valence-corrected chi connectivity index (χ1v) is 3.75. The Balaban J connectivity index is 2.18. The molecule has 1 atom stereocenters. The van der Waals surface area contributed by atoms with E-state index in [4.69, 9.17) is 7.85 Å². The summed E-state index contributed by atoms with van der Waals surface area (Å²) in [6.07, 6.45) is 10.2. The molecule has 2 radical (unpaired) electrons. The topological polar surface area (TPSA) is 12.0 Å². The number of hydrogen-bond donors (Lipinski definition) is 1. The van der Waals surface area contributed by atoms with Crippen LogP contribution in [-0.4, -0.2) is 13.4 Å². The normalized spacial score (nSPS) is 36.6. The third kappa shape index (κ3) is 0.790. The molecule has 0 aromatic rings. The maximum absolute atomic E-state index is 5.50. The van der Waals surface area contributed by atoms with Gasteiger partial charge in [0.15, 0.2) is 0 Å². The third-order valence-corrected chi connectivity index (χ3v) is 2.17. The highest BCUT2D eigenvalue weighted by Gasteiger charge is 2.31. The van der Waals surface area contributed by atoms with Gasteiger partial charge in [-0.3, -0.25) is 0 Å². The molecule has 2 heteroatoms. The van der Waals surface area contributed by atoms with Gasteiger partial charge in [-0.15, -0.1) is 0 Å². The zero-order valence-electron chi connectivity index (χ0n) is 5.93. The maximum atomic E-state index is 5.50. The highest BCUT2D eigenvalue weighted by Crippen LogP contribution is 2.29. The van der Waals surface area contributed by atoms with Gasteiger partial charge in [0.05, 0.1) is 5.54 Å². The highest BCUT2D eigenvalue weighted by atomic mass is 15.0. The summed E-state index contributed by atoms with van der Waals surface area (Å²) in [5, 5.41) is 3.21. The number of nitrogens with one attached hydrogen (secondary N) is 1. The molecule has 1 unspecified atom stereocenters. The van der Waals surface area contributed by atoms with Gasteiger partial charge in [0.1, 0.15) is 7.85 Å². The van der Waals surface area contributed by atoms with E-state index in [1.165, 1.54) is 19.3 Å². The van der Waals surface area contributed by atoms with Crippen molar-refractivity contribution in [2.45, 2.75) is 24.8 Å². The van der Waals surface area contributed by atoms with Crippen molar-refractivity contribution in [1.29, 1.82) is 0 Å². The Labute approximate surface area is 62.6 Å². The van der Waals surface area contributed by atoms with Gasteiger partial charge in [0.2, 0.25) is 0 Å². The Kier molecular flexibility index (Phi) is 1.16. The lowest BCUT2D eigenvalue weighted by atomic mass is 9.77. The first-order valence-electron chi connectivity index (χ1n) is 3.75. The summed E-state index contributed by atoms with van der Waals surface area (Å²) in [7, 11) is 5.50. The molecule has 0 fully saturated rings. The summed E-state index contributed by atoms with van der Waals surface area (Å²) in [6, 6.07) is 0. The second kappa shape index (κ2) is 1.91. The van der Waals surface area contributed by atoms with Gasteiger partial charge in [-0.2, -0.15) is 0 Å². The largest absolute Gasteiger partial charge is 0.385 e. The van der Waals surface area contributed by atoms with Crippen LogP contribution in [0.2, 0.25) is 0 Å². The van der Waals surface area contributed by atoms with Crippen molar-refractivity contribution in [3.63, 3.8) is 0 Å². The van der Waals surface area contributed by atoms with E-state index in [2.05, 4.69) is 23.5 Å². The van der Waals surface area contributed by atoms with Gasteiger partial charge in [-0.1, -0.05) is 12.2 Å². The first kappa shape index (κ1) is 6.08. The minimum atomic E-state index is 0.155. The molecule has 0 saturated heterocycles. The van der Waals surface area contributed by atoms with Gasteiger partial charge in [-0.25, -0.2) is 0 Å². The summed E-state index contributed by atoms with van der Waals surface area (Å²) in [4.78, 5) is 0. The minimum absolute atomic E-state index is 0.155. The predicted octanol–water partition coefficient (Wildman–Crippen LogP) is 1.08. The zero-order chi connectivity index (χ0) is 7.03. The molecule has 50 valence electrons. The van der Waals surface area contributed by atoms with E-state index >= 15 is 0 Å². The average Bonchev–Trinajstić information content (AvgIpc) is 1.87. The monoisotopic (exact) mass is 131 g/mol. The van der Waals surface area contributed by atoms with Crippen LogP contribution >= 0.6 is 0 Å². The summed E-state index contributed by atoms with van der Waals surface area (Å²) in [5.41, 5.74) is 0.981. The Bertz CT molecular complexity index is 207. The van der Waals surface area contributed by atoms with Crippen LogP contribution in [0.5, 0.6) is 0 Å². The fourth-order valence-corrected chi connectivity index (χ4v) is 1.65. The van der Waals surface area contributed by atoms with Crippen LogP contribution in [0, 0.1) is 0 Å². The minimum Gasteiger partial charge on any atom is -0.385 e. The molecule has 0 amide bonds. The third-order valence-electron chi connectivity index (χ3n) is 2.17. The van der Waals surface area contributed by atoms with Crippen molar-refractivity contribution in [3.05, 3.63) is 23.8 Å². The molecule has 1 aliphatic carbocycles. The molecule has 2 aliphatic rings. The fraction of sp³-hybridized carbons (Fsp3) is 0.500. The number of hydrogen-bond acceptors (Lipinski definition) is 1. The lowest BCUT2D eigenvalue weighted by Crippen LogP contribution is -2.50. The average molecular weight is 131 g/mol. The SMILES string of the molecule is [B]C1=CC2(C=CCCC2)N1. The molecule has 2 rings (SSSR count). The van der Waals surface area contributed by atoms with Gasteiger partial charge < -0.3 is 5.32 Å². The summed E-state index contributed by atoms with van der Waals surface area (Å²) < 4.78 is 0. The van der Waals surface area contributed by atoms with Crippen molar-refractivity contribution >= 4 is 7.85 Å². The second-order valence-corrected chi connectivity index (χ2v) is 3.06. The fourth-order valence-electron chi connectivity index (χ4n) is 1.65. The maximum Gasteiger partial charge on any atom is 0.137 e. The Morgan fingerprint density at radius 1 is 1.60 bits per heavy atom. The van der Waals surface area contributed by atoms with Crippen LogP contribution in [0.3, 0.4) is 0 Å². The predicted molar refractivity (Wildman–Crippen MR) is 42.7 cm³/mol. The van der Waals surface area contributed by atoms with Crippen molar-refractivity contribution < 1.29 is 0 Å². The Morgan fingerprint density at radius 3 is 2.90 bits per heavy atom. The second-order valence-electron chi connectivity index (χ2n) is 3.06. The van der Waals surface area contributed by atoms with Crippen LogP contribution in [0.25, 0.3) is 0 Å². The van der Waals surface area contributed by atoms with E-state index in [1.807, 2.05) is 0 Å². The first-order chi connectivity index (χ1) is 4.81. The molecular weight excluding hydrogens is 121 g/mol. The number of rotatable bonds is 0. The molecule has 1 aliphatic heterocycles. The Morgan fingerprint density at radius 2 is 2.40 bits per heavy atom. The molecule has 0 aromatic heterocycles. The lowest BCUT2D eigenvalue weighted by Gasteiger charge is -2.41. The molecule has 1 N–H and O–H groups in total. The van der Waals surface area contributed by atoms with Gasteiger partial charge in [-0.05, 0) is 30.9 Å². The van der Waals surface area contributed by atoms with Crippen molar-refractivity contribution in [3.8, 4) is 0 Å². The highest BCUT2D eigenvalue weighted by molar-refractivity contribution is 6.22. The molecule has 10 heavy (non-hydrogen) atoms. The van der Waals surface area contributed by atoms with Crippen LogP contribution in [0.15, 0.2) is 23.8 Å². The van der Waals surface area contributed by atoms with Crippen LogP contribution in [0.4, 0.5) is 0 Å². The molecule has 0 aromatic carbocycles. The van der Waals surface area contributed by atoms with Crippen molar-refractivity contribution in [2.75, 3.05) is 0 Å². The van der Waals surface area contributed by atoms with E-state index < -0.39 is 0 Å². The van der Waals surface area contributed by atoms with E-state index in [0.29, 0.717) is 0 Å². The van der Waals surface area contributed by atoms with Crippen molar-refractivity contribution in [1.82, 2.24) is 5.32 Å². The molecule has 0 saturated carbocycles. The molecule has 1 heterocycles. The lowest BCUT2D eigenvalue weighted by molar-refractivity contribution is 0.432. The van der Waals surface area contributed by atoms with Gasteiger partial charge >= 0.3 is 0 Å². The van der Waals surface area contributed by atoms with E-state index in [-0.39, 0.29) is 5.54 Å². The van der Waals surface area contributed by atoms with Gasteiger partial charge in [0.25, 0.3) is 0 Å². The van der Waals surface area contributed by atoms with Gasteiger partial charge in [0, 0.05) is 0 Å². The zero-order valence-corrected chi connectivity index (χ0v) is 5.93. The molecule has 0 bridgehead atoms. The quantitative estimate of drug-likeness (QED) is 0.383.